The number of hydrogen-bond donors (Lipinski definition) is 0. The molecule has 142 valence electrons. The largest absolute Gasteiger partial charge is 0.378 e. The van der Waals surface area contributed by atoms with Gasteiger partial charge in [-0.25, -0.2) is 0 Å². The minimum absolute atomic E-state index is 0.498. The average molecular weight is 403 g/mol. The standard InChI is InChI=1S/C22H24Cl2N2O/c23-17-9-15(10-18(24)12-17)14-26-4-3-16-11-22(26)21-13-19(1-2-20(16)21)25-5-7-27-8-6-25/h1-2,9-10,12-13,16,22H,3-8,11,14H2. The van der Waals surface area contributed by atoms with Gasteiger partial charge >= 0.3 is 0 Å². The number of likely N-dealkylation sites (tertiary alicyclic amines) is 1. The number of anilines is 1. The monoisotopic (exact) mass is 402 g/mol. The lowest BCUT2D eigenvalue weighted by Gasteiger charge is -2.34. The van der Waals surface area contributed by atoms with Crippen molar-refractivity contribution >= 4 is 28.9 Å². The summed E-state index contributed by atoms with van der Waals surface area (Å²) in [6, 6.07) is 13.5. The maximum Gasteiger partial charge on any atom is 0.0642 e. The van der Waals surface area contributed by atoms with Gasteiger partial charge in [0.15, 0.2) is 0 Å². The lowest BCUT2D eigenvalue weighted by atomic mass is 9.95. The third-order valence-electron chi connectivity index (χ3n) is 6.27. The van der Waals surface area contributed by atoms with Gasteiger partial charge in [0.2, 0.25) is 0 Å². The number of piperidine rings is 1. The van der Waals surface area contributed by atoms with Gasteiger partial charge in [-0.05, 0) is 72.3 Å². The van der Waals surface area contributed by atoms with E-state index in [1.54, 1.807) is 11.6 Å². The second-order valence-electron chi connectivity index (χ2n) is 7.90. The first-order valence-corrected chi connectivity index (χ1v) is 10.6. The van der Waals surface area contributed by atoms with Crippen LogP contribution in [0.15, 0.2) is 36.4 Å². The fourth-order valence-corrected chi connectivity index (χ4v) is 5.56. The first-order valence-electron chi connectivity index (χ1n) is 9.83. The summed E-state index contributed by atoms with van der Waals surface area (Å²) in [5, 5.41) is 1.43. The number of morpholine rings is 1. The third-order valence-corrected chi connectivity index (χ3v) is 6.70. The van der Waals surface area contributed by atoms with Crippen molar-refractivity contribution in [2.45, 2.75) is 31.3 Å². The predicted molar refractivity (Wildman–Crippen MR) is 111 cm³/mol. The number of rotatable bonds is 3. The van der Waals surface area contributed by atoms with Gasteiger partial charge in [-0.2, -0.15) is 0 Å². The van der Waals surface area contributed by atoms with Gasteiger partial charge < -0.3 is 9.64 Å². The average Bonchev–Trinajstić information content (AvgIpc) is 2.97. The van der Waals surface area contributed by atoms with Crippen molar-refractivity contribution in [3.63, 3.8) is 0 Å². The van der Waals surface area contributed by atoms with Crippen LogP contribution >= 0.6 is 23.2 Å². The van der Waals surface area contributed by atoms with Crippen LogP contribution in [0.25, 0.3) is 0 Å². The van der Waals surface area contributed by atoms with E-state index in [1.165, 1.54) is 29.7 Å². The smallest absolute Gasteiger partial charge is 0.0642 e. The van der Waals surface area contributed by atoms with Crippen molar-refractivity contribution in [2.75, 3.05) is 37.7 Å². The van der Waals surface area contributed by atoms with Crippen molar-refractivity contribution in [3.05, 3.63) is 63.1 Å². The first-order chi connectivity index (χ1) is 13.2. The highest BCUT2D eigenvalue weighted by Gasteiger charge is 2.39. The molecule has 1 aliphatic carbocycles. The molecule has 2 heterocycles. The molecule has 2 aliphatic heterocycles. The highest BCUT2D eigenvalue weighted by Crippen LogP contribution is 2.50. The molecule has 0 radical (unpaired) electrons. The number of fused-ring (bicyclic) bond motifs is 5. The van der Waals surface area contributed by atoms with Gasteiger partial charge in [0, 0.05) is 41.4 Å². The summed E-state index contributed by atoms with van der Waals surface area (Å²) < 4.78 is 5.51. The molecule has 2 fully saturated rings. The molecule has 27 heavy (non-hydrogen) atoms. The van der Waals surface area contributed by atoms with E-state index < -0.39 is 0 Å². The fraction of sp³-hybridized carbons (Fsp3) is 0.455. The van der Waals surface area contributed by atoms with Crippen molar-refractivity contribution in [1.29, 1.82) is 0 Å². The maximum absolute atomic E-state index is 6.22. The van der Waals surface area contributed by atoms with Crippen LogP contribution in [-0.4, -0.2) is 37.7 Å². The fourth-order valence-electron chi connectivity index (χ4n) is 4.99. The number of ether oxygens (including phenoxy) is 1. The van der Waals surface area contributed by atoms with Crippen molar-refractivity contribution in [2.24, 2.45) is 0 Å². The molecule has 0 spiro atoms. The molecule has 0 saturated carbocycles. The molecule has 2 saturated heterocycles. The molecule has 2 aromatic rings. The zero-order valence-electron chi connectivity index (χ0n) is 15.3. The molecule has 0 aromatic heterocycles. The van der Waals surface area contributed by atoms with Crippen LogP contribution < -0.4 is 4.90 Å². The summed E-state index contributed by atoms with van der Waals surface area (Å²) in [4.78, 5) is 5.06. The highest BCUT2D eigenvalue weighted by atomic mass is 35.5. The van der Waals surface area contributed by atoms with E-state index in [1.807, 2.05) is 12.1 Å². The summed E-state index contributed by atoms with van der Waals surface area (Å²) in [5.74, 6) is 0.711. The van der Waals surface area contributed by atoms with Gasteiger partial charge in [-0.1, -0.05) is 29.3 Å². The van der Waals surface area contributed by atoms with E-state index in [2.05, 4.69) is 28.0 Å². The molecule has 2 unspecified atom stereocenters. The van der Waals surface area contributed by atoms with Crippen LogP contribution in [0.2, 0.25) is 10.0 Å². The Balaban J connectivity index is 1.42. The number of nitrogens with zero attached hydrogens (tertiary/aromatic N) is 2. The first kappa shape index (κ1) is 17.8. The molecular weight excluding hydrogens is 379 g/mol. The van der Waals surface area contributed by atoms with Gasteiger partial charge in [0.05, 0.1) is 13.2 Å². The summed E-state index contributed by atoms with van der Waals surface area (Å²) >= 11 is 12.4. The Kier molecular flexibility index (Phi) is 4.81. The zero-order valence-corrected chi connectivity index (χ0v) is 16.8. The molecular formula is C22H24Cl2N2O. The van der Waals surface area contributed by atoms with Gasteiger partial charge in [-0.3, -0.25) is 4.90 Å². The summed E-state index contributed by atoms with van der Waals surface area (Å²) in [6.07, 6.45) is 2.46. The highest BCUT2D eigenvalue weighted by molar-refractivity contribution is 6.34. The van der Waals surface area contributed by atoms with Crippen molar-refractivity contribution in [3.8, 4) is 0 Å². The quantitative estimate of drug-likeness (QED) is 0.695. The van der Waals surface area contributed by atoms with Crippen molar-refractivity contribution in [1.82, 2.24) is 4.90 Å². The SMILES string of the molecule is Clc1cc(Cl)cc(CN2CCC3CC2c2cc(N4CCOCC4)ccc23)c1. The Labute approximate surface area is 170 Å². The Morgan fingerprint density at radius 3 is 2.48 bits per heavy atom. The minimum atomic E-state index is 0.498. The maximum atomic E-state index is 6.22. The zero-order chi connectivity index (χ0) is 18.4. The molecule has 3 nitrogen and oxygen atoms in total. The topological polar surface area (TPSA) is 15.7 Å². The second-order valence-corrected chi connectivity index (χ2v) is 8.77. The van der Waals surface area contributed by atoms with Crippen LogP contribution in [0.3, 0.4) is 0 Å². The molecule has 3 aliphatic rings. The molecule has 2 bridgehead atoms. The Hall–Kier alpha value is -1.26. The number of benzene rings is 2. The van der Waals surface area contributed by atoms with Crippen LogP contribution in [0.4, 0.5) is 5.69 Å². The van der Waals surface area contributed by atoms with Crippen LogP contribution in [0.1, 0.15) is 41.5 Å². The predicted octanol–water partition coefficient (Wildman–Crippen LogP) is 5.26. The number of hydrogen-bond acceptors (Lipinski definition) is 3. The van der Waals surface area contributed by atoms with E-state index in [4.69, 9.17) is 27.9 Å². The minimum Gasteiger partial charge on any atom is -0.378 e. The van der Waals surface area contributed by atoms with Crippen LogP contribution in [-0.2, 0) is 11.3 Å². The Morgan fingerprint density at radius 2 is 1.70 bits per heavy atom. The Bertz CT molecular complexity index is 830. The van der Waals surface area contributed by atoms with Crippen LogP contribution in [0, 0.1) is 0 Å². The lowest BCUT2D eigenvalue weighted by Crippen LogP contribution is -2.36. The van der Waals surface area contributed by atoms with E-state index in [0.717, 1.165) is 39.4 Å². The third kappa shape index (κ3) is 3.47. The van der Waals surface area contributed by atoms with E-state index >= 15 is 0 Å². The summed E-state index contributed by atoms with van der Waals surface area (Å²) in [5.41, 5.74) is 5.62. The van der Waals surface area contributed by atoms with E-state index in [0.29, 0.717) is 22.0 Å². The lowest BCUT2D eigenvalue weighted by molar-refractivity contribution is 0.122. The Morgan fingerprint density at radius 1 is 0.926 bits per heavy atom. The van der Waals surface area contributed by atoms with Gasteiger partial charge in [-0.15, -0.1) is 0 Å². The van der Waals surface area contributed by atoms with Crippen LogP contribution in [0.5, 0.6) is 0 Å². The van der Waals surface area contributed by atoms with E-state index in [-0.39, 0.29) is 0 Å². The van der Waals surface area contributed by atoms with Crippen molar-refractivity contribution < 1.29 is 4.74 Å². The molecule has 0 amide bonds. The second kappa shape index (κ2) is 7.29. The van der Waals surface area contributed by atoms with Gasteiger partial charge in [0.1, 0.15) is 0 Å². The normalized spacial score (nSPS) is 24.9. The summed E-state index contributed by atoms with van der Waals surface area (Å²) in [6.45, 7) is 5.64. The molecule has 2 atom stereocenters. The number of halogens is 2. The molecule has 2 aromatic carbocycles. The molecule has 5 rings (SSSR count). The van der Waals surface area contributed by atoms with Gasteiger partial charge in [0.25, 0.3) is 0 Å². The summed E-state index contributed by atoms with van der Waals surface area (Å²) in [7, 11) is 0. The van der Waals surface area contributed by atoms with E-state index in [9.17, 15) is 0 Å². The molecule has 0 N–H and O–H groups in total. The molecule has 5 heteroatoms.